The van der Waals surface area contributed by atoms with Crippen LogP contribution in [0.4, 0.5) is 0 Å². The first kappa shape index (κ1) is 9.92. The molecule has 1 rings (SSSR count). The van der Waals surface area contributed by atoms with E-state index in [1.54, 1.807) is 6.92 Å². The van der Waals surface area contributed by atoms with Crippen LogP contribution in [0.3, 0.4) is 0 Å². The molecule has 1 aromatic heterocycles. The Labute approximate surface area is 77.2 Å². The normalized spacial score (nSPS) is 12.8. The fraction of sp³-hybridized carbons (Fsp3) is 0.556. The van der Waals surface area contributed by atoms with Gasteiger partial charge in [-0.1, -0.05) is 0 Å². The summed E-state index contributed by atoms with van der Waals surface area (Å²) >= 11 is 0. The van der Waals surface area contributed by atoms with Gasteiger partial charge in [-0.05, 0) is 26.7 Å². The summed E-state index contributed by atoms with van der Waals surface area (Å²) < 4.78 is 0. The first-order valence-electron chi connectivity index (χ1n) is 4.40. The molecule has 0 aliphatic carbocycles. The average molecular weight is 181 g/mol. The molecule has 0 radical (unpaired) electrons. The van der Waals surface area contributed by atoms with E-state index >= 15 is 0 Å². The van der Waals surface area contributed by atoms with Crippen molar-refractivity contribution < 1.29 is 0 Å². The van der Waals surface area contributed by atoms with Crippen molar-refractivity contribution in [2.75, 3.05) is 0 Å². The second kappa shape index (κ2) is 4.18. The maximum absolute atomic E-state index is 11.0. The monoisotopic (exact) mass is 181 g/mol. The zero-order valence-electron chi connectivity index (χ0n) is 8.00. The van der Waals surface area contributed by atoms with E-state index in [-0.39, 0.29) is 11.6 Å². The van der Waals surface area contributed by atoms with Crippen LogP contribution in [0.5, 0.6) is 0 Å². The summed E-state index contributed by atoms with van der Waals surface area (Å²) in [5, 5.41) is 0. The third-order valence-electron chi connectivity index (χ3n) is 1.77. The molecule has 0 saturated heterocycles. The molecule has 0 saturated carbocycles. The Morgan fingerprint density at radius 1 is 1.69 bits per heavy atom. The highest BCUT2D eigenvalue weighted by Gasteiger charge is 2.00. The number of rotatable bonds is 3. The highest BCUT2D eigenvalue weighted by atomic mass is 16.1. The number of hydrogen-bond donors (Lipinski definition) is 2. The van der Waals surface area contributed by atoms with E-state index in [9.17, 15) is 4.79 Å². The van der Waals surface area contributed by atoms with Gasteiger partial charge < -0.3 is 10.7 Å². The van der Waals surface area contributed by atoms with Crippen molar-refractivity contribution in [1.82, 2.24) is 9.97 Å². The predicted octanol–water partition coefficient (Wildman–Crippen LogP) is 0.358. The van der Waals surface area contributed by atoms with Gasteiger partial charge in [-0.3, -0.25) is 4.79 Å². The van der Waals surface area contributed by atoms with Crippen LogP contribution in [0, 0.1) is 6.92 Å². The Morgan fingerprint density at radius 2 is 2.38 bits per heavy atom. The van der Waals surface area contributed by atoms with Crippen LogP contribution in [0.25, 0.3) is 0 Å². The number of nitrogens with zero attached hydrogens (tertiary/aromatic N) is 1. The fourth-order valence-electron chi connectivity index (χ4n) is 1.14. The molecule has 13 heavy (non-hydrogen) atoms. The van der Waals surface area contributed by atoms with Crippen molar-refractivity contribution in [1.29, 1.82) is 0 Å². The van der Waals surface area contributed by atoms with Crippen molar-refractivity contribution in [2.45, 2.75) is 32.7 Å². The van der Waals surface area contributed by atoms with Gasteiger partial charge in [-0.15, -0.1) is 0 Å². The molecule has 1 aromatic rings. The molecule has 1 heterocycles. The number of H-pyrrole nitrogens is 1. The Balaban J connectivity index is 2.72. The molecule has 0 fully saturated rings. The van der Waals surface area contributed by atoms with Crippen molar-refractivity contribution in [3.8, 4) is 0 Å². The molecule has 0 aliphatic rings. The van der Waals surface area contributed by atoms with Crippen molar-refractivity contribution in [2.24, 2.45) is 5.73 Å². The summed E-state index contributed by atoms with van der Waals surface area (Å²) in [6.07, 6.45) is 1.62. The van der Waals surface area contributed by atoms with Crippen molar-refractivity contribution >= 4 is 0 Å². The molecule has 0 spiro atoms. The summed E-state index contributed by atoms with van der Waals surface area (Å²) in [4.78, 5) is 17.8. The first-order chi connectivity index (χ1) is 6.08. The highest BCUT2D eigenvalue weighted by molar-refractivity contribution is 5.02. The van der Waals surface area contributed by atoms with Gasteiger partial charge in [-0.25, -0.2) is 4.98 Å². The largest absolute Gasteiger partial charge is 0.328 e. The first-order valence-corrected chi connectivity index (χ1v) is 4.40. The van der Waals surface area contributed by atoms with Crippen LogP contribution in [-0.4, -0.2) is 16.0 Å². The molecule has 0 amide bonds. The van der Waals surface area contributed by atoms with Crippen molar-refractivity contribution in [3.05, 3.63) is 27.9 Å². The van der Waals surface area contributed by atoms with E-state index in [4.69, 9.17) is 5.73 Å². The molecule has 0 aliphatic heterocycles. The number of nitrogens with one attached hydrogen (secondary N) is 1. The lowest BCUT2D eigenvalue weighted by Crippen LogP contribution is -2.17. The molecule has 1 unspecified atom stereocenters. The third-order valence-corrected chi connectivity index (χ3v) is 1.77. The minimum atomic E-state index is -0.0906. The summed E-state index contributed by atoms with van der Waals surface area (Å²) in [7, 11) is 0. The molecular weight excluding hydrogens is 166 g/mol. The number of hydrogen-bond acceptors (Lipinski definition) is 3. The molecule has 1 atom stereocenters. The lowest BCUT2D eigenvalue weighted by Gasteiger charge is -2.04. The molecule has 4 nitrogen and oxygen atoms in total. The van der Waals surface area contributed by atoms with Gasteiger partial charge in [0.05, 0.1) is 0 Å². The Bertz CT molecular complexity index is 330. The Kier molecular flexibility index (Phi) is 3.19. The average Bonchev–Trinajstić information content (AvgIpc) is 1.99. The highest BCUT2D eigenvalue weighted by Crippen LogP contribution is 1.98. The fourth-order valence-corrected chi connectivity index (χ4v) is 1.14. The van der Waals surface area contributed by atoms with Crippen LogP contribution in [0.15, 0.2) is 10.9 Å². The van der Waals surface area contributed by atoms with E-state index in [1.165, 1.54) is 6.07 Å². The number of nitrogens with two attached hydrogens (primary N) is 1. The summed E-state index contributed by atoms with van der Waals surface area (Å²) in [5.74, 6) is 0.659. The molecule has 3 N–H and O–H groups in total. The summed E-state index contributed by atoms with van der Waals surface area (Å²) in [6, 6.07) is 1.68. The molecule has 0 aromatic carbocycles. The molecule has 72 valence electrons. The zero-order valence-corrected chi connectivity index (χ0v) is 8.00. The van der Waals surface area contributed by atoms with E-state index in [1.807, 2.05) is 6.92 Å². The van der Waals surface area contributed by atoms with Gasteiger partial charge in [0.15, 0.2) is 0 Å². The van der Waals surface area contributed by atoms with Gasteiger partial charge in [0.2, 0.25) is 0 Å². The SMILES string of the molecule is Cc1nc(CCC(C)N)cc(=O)[nH]1. The topological polar surface area (TPSA) is 71.8 Å². The Morgan fingerprint density at radius 3 is 2.92 bits per heavy atom. The summed E-state index contributed by atoms with van der Waals surface area (Å²) in [5.41, 5.74) is 6.33. The Hall–Kier alpha value is -1.16. The predicted molar refractivity (Wildman–Crippen MR) is 51.6 cm³/mol. The van der Waals surface area contributed by atoms with Crippen LogP contribution in [0.1, 0.15) is 24.9 Å². The molecule has 4 heteroatoms. The maximum Gasteiger partial charge on any atom is 0.251 e. The lowest BCUT2D eigenvalue weighted by atomic mass is 10.1. The van der Waals surface area contributed by atoms with Crippen LogP contribution in [0.2, 0.25) is 0 Å². The van der Waals surface area contributed by atoms with Gasteiger partial charge >= 0.3 is 0 Å². The van der Waals surface area contributed by atoms with Gasteiger partial charge in [-0.2, -0.15) is 0 Å². The number of aryl methyl sites for hydroxylation is 2. The van der Waals surface area contributed by atoms with E-state index in [2.05, 4.69) is 9.97 Å². The number of aromatic nitrogens is 2. The number of aromatic amines is 1. The van der Waals surface area contributed by atoms with Crippen molar-refractivity contribution in [3.63, 3.8) is 0 Å². The molecule has 0 bridgehead atoms. The lowest BCUT2D eigenvalue weighted by molar-refractivity contribution is 0.655. The van der Waals surface area contributed by atoms with Crippen LogP contribution >= 0.6 is 0 Å². The zero-order chi connectivity index (χ0) is 9.84. The third kappa shape index (κ3) is 3.38. The van der Waals surface area contributed by atoms with E-state index < -0.39 is 0 Å². The van der Waals surface area contributed by atoms with Gasteiger partial charge in [0.25, 0.3) is 5.56 Å². The van der Waals surface area contributed by atoms with Gasteiger partial charge in [0.1, 0.15) is 5.82 Å². The summed E-state index contributed by atoms with van der Waals surface area (Å²) in [6.45, 7) is 3.72. The quantitative estimate of drug-likeness (QED) is 0.707. The maximum atomic E-state index is 11.0. The van der Waals surface area contributed by atoms with Crippen LogP contribution in [-0.2, 0) is 6.42 Å². The second-order valence-corrected chi connectivity index (χ2v) is 3.34. The van der Waals surface area contributed by atoms with Crippen LogP contribution < -0.4 is 11.3 Å². The minimum absolute atomic E-state index is 0.0906. The minimum Gasteiger partial charge on any atom is -0.328 e. The standard InChI is InChI=1S/C9H15N3O/c1-6(10)3-4-8-5-9(13)12-7(2)11-8/h5-6H,3-4,10H2,1-2H3,(H,11,12,13). The second-order valence-electron chi connectivity index (χ2n) is 3.34. The van der Waals surface area contributed by atoms with E-state index in [0.29, 0.717) is 5.82 Å². The van der Waals surface area contributed by atoms with E-state index in [0.717, 1.165) is 18.5 Å². The molecular formula is C9H15N3O. The smallest absolute Gasteiger partial charge is 0.251 e. The van der Waals surface area contributed by atoms with Gasteiger partial charge in [0, 0.05) is 17.8 Å².